The molecule has 3 heteroatoms. The topological polar surface area (TPSA) is 18.5 Å². The van der Waals surface area contributed by atoms with Gasteiger partial charge >= 0.3 is 0 Å². The normalized spacial score (nSPS) is 32.1. The number of nitrogens with zero attached hydrogens (tertiary/aromatic N) is 2. The molecule has 3 nitrogen and oxygen atoms in total. The molecule has 0 amide bonds. The molecule has 0 aliphatic carbocycles. The molecule has 2 atom stereocenters. The minimum atomic E-state index is 0.769. The molecule has 120 valence electrons. The molecule has 0 aromatic carbocycles. The minimum Gasteiger partial charge on any atom is -0.311 e. The average Bonchev–Trinajstić information content (AvgIpc) is 2.94. The molecule has 0 bridgehead atoms. The maximum absolute atomic E-state index is 3.99. The second kappa shape index (κ2) is 7.26. The van der Waals surface area contributed by atoms with Gasteiger partial charge in [-0.25, -0.2) is 0 Å². The summed E-state index contributed by atoms with van der Waals surface area (Å²) in [5.41, 5.74) is 1.44. The molecule has 0 saturated carbocycles. The highest BCUT2D eigenvalue weighted by atomic mass is 15.2. The fourth-order valence-electron chi connectivity index (χ4n) is 4.30. The van der Waals surface area contributed by atoms with Gasteiger partial charge in [0.15, 0.2) is 0 Å². The lowest BCUT2D eigenvalue weighted by Crippen LogP contribution is -2.51. The van der Waals surface area contributed by atoms with Gasteiger partial charge in [0, 0.05) is 24.7 Å². The number of hydrogen-bond acceptors (Lipinski definition) is 3. The van der Waals surface area contributed by atoms with Crippen molar-refractivity contribution in [3.8, 4) is 0 Å². The standard InChI is InChI=1S/C18H33N3/c1-15(2)5-10-20-11-6-16(7-12-20)19-17-8-13-21-9-3-4-18(21)14-17/h5,16-19H,3-4,6-14H2,1-2H3. The van der Waals surface area contributed by atoms with E-state index in [1.807, 2.05) is 0 Å². The summed E-state index contributed by atoms with van der Waals surface area (Å²) < 4.78 is 0. The number of fused-ring (bicyclic) bond motifs is 1. The zero-order valence-electron chi connectivity index (χ0n) is 14.0. The monoisotopic (exact) mass is 291 g/mol. The Balaban J connectivity index is 1.38. The summed E-state index contributed by atoms with van der Waals surface area (Å²) in [6.45, 7) is 10.8. The quantitative estimate of drug-likeness (QED) is 0.803. The SMILES string of the molecule is CC(C)=CCN1CCC(NC2CCN3CCCC3C2)CC1. The smallest absolute Gasteiger partial charge is 0.0165 e. The van der Waals surface area contributed by atoms with E-state index in [0.717, 1.165) is 24.7 Å². The first-order valence-electron chi connectivity index (χ1n) is 9.06. The van der Waals surface area contributed by atoms with Crippen molar-refractivity contribution >= 4 is 0 Å². The molecule has 0 aromatic rings. The van der Waals surface area contributed by atoms with E-state index in [2.05, 4.69) is 35.0 Å². The first-order valence-corrected chi connectivity index (χ1v) is 9.06. The molecule has 3 aliphatic heterocycles. The lowest BCUT2D eigenvalue weighted by molar-refractivity contribution is 0.144. The van der Waals surface area contributed by atoms with Crippen LogP contribution in [0.25, 0.3) is 0 Å². The van der Waals surface area contributed by atoms with Crippen molar-refractivity contribution in [2.24, 2.45) is 0 Å². The Bertz CT molecular complexity index is 353. The van der Waals surface area contributed by atoms with Crippen LogP contribution in [0.5, 0.6) is 0 Å². The van der Waals surface area contributed by atoms with Crippen LogP contribution in [0.4, 0.5) is 0 Å². The van der Waals surface area contributed by atoms with E-state index in [1.54, 1.807) is 0 Å². The molecule has 3 heterocycles. The third-order valence-electron chi connectivity index (χ3n) is 5.64. The number of rotatable bonds is 4. The summed E-state index contributed by atoms with van der Waals surface area (Å²) in [7, 11) is 0. The van der Waals surface area contributed by atoms with Crippen molar-refractivity contribution in [1.29, 1.82) is 0 Å². The number of piperidine rings is 2. The van der Waals surface area contributed by atoms with Gasteiger partial charge < -0.3 is 10.2 Å². The van der Waals surface area contributed by atoms with Crippen molar-refractivity contribution in [3.05, 3.63) is 11.6 Å². The van der Waals surface area contributed by atoms with E-state index in [9.17, 15) is 0 Å². The molecule has 3 fully saturated rings. The lowest BCUT2D eigenvalue weighted by Gasteiger charge is -2.39. The van der Waals surface area contributed by atoms with E-state index in [4.69, 9.17) is 0 Å². The number of nitrogens with one attached hydrogen (secondary N) is 1. The highest BCUT2D eigenvalue weighted by Crippen LogP contribution is 2.27. The molecule has 3 rings (SSSR count). The van der Waals surface area contributed by atoms with Gasteiger partial charge in [-0.15, -0.1) is 0 Å². The van der Waals surface area contributed by atoms with Gasteiger partial charge in [0.05, 0.1) is 0 Å². The van der Waals surface area contributed by atoms with Crippen LogP contribution in [0.2, 0.25) is 0 Å². The predicted molar refractivity (Wildman–Crippen MR) is 89.6 cm³/mol. The van der Waals surface area contributed by atoms with Gasteiger partial charge in [0.25, 0.3) is 0 Å². The molecular weight excluding hydrogens is 258 g/mol. The Kier molecular flexibility index (Phi) is 5.36. The fourth-order valence-corrected chi connectivity index (χ4v) is 4.30. The van der Waals surface area contributed by atoms with Crippen molar-refractivity contribution in [1.82, 2.24) is 15.1 Å². The van der Waals surface area contributed by atoms with E-state index < -0.39 is 0 Å². The predicted octanol–water partition coefficient (Wildman–Crippen LogP) is 2.63. The number of hydrogen-bond donors (Lipinski definition) is 1. The van der Waals surface area contributed by atoms with Crippen molar-refractivity contribution < 1.29 is 0 Å². The summed E-state index contributed by atoms with van der Waals surface area (Å²) in [6, 6.07) is 2.46. The highest BCUT2D eigenvalue weighted by Gasteiger charge is 2.32. The number of allylic oxidation sites excluding steroid dienone is 1. The summed E-state index contributed by atoms with van der Waals surface area (Å²) in [4.78, 5) is 5.32. The Hall–Kier alpha value is -0.380. The van der Waals surface area contributed by atoms with E-state index >= 15 is 0 Å². The lowest BCUT2D eigenvalue weighted by atomic mass is 9.95. The Labute approximate surface area is 130 Å². The number of likely N-dealkylation sites (tertiary alicyclic amines) is 1. The van der Waals surface area contributed by atoms with Crippen LogP contribution in [0.15, 0.2) is 11.6 Å². The van der Waals surface area contributed by atoms with Crippen LogP contribution in [-0.2, 0) is 0 Å². The summed E-state index contributed by atoms with van der Waals surface area (Å²) >= 11 is 0. The zero-order valence-corrected chi connectivity index (χ0v) is 14.0. The molecule has 21 heavy (non-hydrogen) atoms. The minimum absolute atomic E-state index is 0.769. The summed E-state index contributed by atoms with van der Waals surface area (Å²) in [5.74, 6) is 0. The maximum Gasteiger partial charge on any atom is 0.0165 e. The highest BCUT2D eigenvalue weighted by molar-refractivity contribution is 4.96. The van der Waals surface area contributed by atoms with Crippen LogP contribution in [0.1, 0.15) is 52.4 Å². The average molecular weight is 291 g/mol. The molecule has 2 unspecified atom stereocenters. The first kappa shape index (κ1) is 15.5. The van der Waals surface area contributed by atoms with Gasteiger partial charge in [-0.3, -0.25) is 4.90 Å². The zero-order chi connectivity index (χ0) is 14.7. The second-order valence-corrected chi connectivity index (χ2v) is 7.58. The molecule has 3 saturated heterocycles. The van der Waals surface area contributed by atoms with Gasteiger partial charge in [-0.1, -0.05) is 11.6 Å². The third-order valence-corrected chi connectivity index (χ3v) is 5.64. The maximum atomic E-state index is 3.99. The van der Waals surface area contributed by atoms with Crippen molar-refractivity contribution in [2.45, 2.75) is 70.5 Å². The van der Waals surface area contributed by atoms with Crippen LogP contribution >= 0.6 is 0 Å². The van der Waals surface area contributed by atoms with Crippen molar-refractivity contribution in [3.63, 3.8) is 0 Å². The molecule has 3 aliphatic rings. The molecule has 0 aromatic heterocycles. The Morgan fingerprint density at radius 2 is 1.76 bits per heavy atom. The van der Waals surface area contributed by atoms with Crippen LogP contribution < -0.4 is 5.32 Å². The van der Waals surface area contributed by atoms with Gasteiger partial charge in [-0.2, -0.15) is 0 Å². The molecule has 0 radical (unpaired) electrons. The van der Waals surface area contributed by atoms with Crippen molar-refractivity contribution in [2.75, 3.05) is 32.7 Å². The largest absolute Gasteiger partial charge is 0.311 e. The second-order valence-electron chi connectivity index (χ2n) is 7.58. The van der Waals surface area contributed by atoms with E-state index in [1.165, 1.54) is 70.3 Å². The molecule has 0 spiro atoms. The Morgan fingerprint density at radius 1 is 1.00 bits per heavy atom. The summed E-state index contributed by atoms with van der Waals surface area (Å²) in [5, 5.41) is 3.99. The van der Waals surface area contributed by atoms with Crippen LogP contribution in [0.3, 0.4) is 0 Å². The van der Waals surface area contributed by atoms with E-state index in [-0.39, 0.29) is 0 Å². The van der Waals surface area contributed by atoms with Crippen LogP contribution in [-0.4, -0.2) is 60.6 Å². The van der Waals surface area contributed by atoms with Gasteiger partial charge in [0.1, 0.15) is 0 Å². The summed E-state index contributed by atoms with van der Waals surface area (Å²) in [6.07, 6.45) is 10.7. The first-order chi connectivity index (χ1) is 10.2. The third kappa shape index (κ3) is 4.30. The molecular formula is C18H33N3. The van der Waals surface area contributed by atoms with Gasteiger partial charge in [-0.05, 0) is 78.6 Å². The molecule has 1 N–H and O–H groups in total. The fraction of sp³-hybridized carbons (Fsp3) is 0.889. The van der Waals surface area contributed by atoms with Gasteiger partial charge in [0.2, 0.25) is 0 Å². The van der Waals surface area contributed by atoms with E-state index in [0.29, 0.717) is 0 Å². The van der Waals surface area contributed by atoms with Crippen LogP contribution in [0, 0.1) is 0 Å². The Morgan fingerprint density at radius 3 is 2.52 bits per heavy atom.